The van der Waals surface area contributed by atoms with Crippen LogP contribution in [-0.2, 0) is 0 Å². The van der Waals surface area contributed by atoms with Crippen LogP contribution in [0, 0.1) is 0 Å². The summed E-state index contributed by atoms with van der Waals surface area (Å²) >= 11 is 0. The van der Waals surface area contributed by atoms with Gasteiger partial charge in [-0.2, -0.15) is 0 Å². The van der Waals surface area contributed by atoms with Crippen LogP contribution in [0.4, 0.5) is 0 Å². The Morgan fingerprint density at radius 2 is 2.13 bits per heavy atom. The zero-order chi connectivity index (χ0) is 10.9. The lowest BCUT2D eigenvalue weighted by Crippen LogP contribution is -1.91. The van der Waals surface area contributed by atoms with Crippen LogP contribution in [0.3, 0.4) is 0 Å². The van der Waals surface area contributed by atoms with E-state index in [9.17, 15) is 0 Å². The van der Waals surface area contributed by atoms with Crippen molar-refractivity contribution in [1.82, 2.24) is 0 Å². The van der Waals surface area contributed by atoms with E-state index >= 15 is 0 Å². The SMILES string of the molecule is COc1ccccc1C=NCCCCO. The van der Waals surface area contributed by atoms with Gasteiger partial charge >= 0.3 is 0 Å². The second-order valence-electron chi connectivity index (χ2n) is 3.21. The minimum atomic E-state index is 0.240. The van der Waals surface area contributed by atoms with Gasteiger partial charge in [0, 0.05) is 24.9 Å². The first kappa shape index (κ1) is 11.7. The van der Waals surface area contributed by atoms with Crippen molar-refractivity contribution in [2.45, 2.75) is 12.8 Å². The van der Waals surface area contributed by atoms with Crippen LogP contribution >= 0.6 is 0 Å². The average Bonchev–Trinajstić information content (AvgIpc) is 2.29. The van der Waals surface area contributed by atoms with Gasteiger partial charge in [0.25, 0.3) is 0 Å². The van der Waals surface area contributed by atoms with Gasteiger partial charge in [-0.15, -0.1) is 0 Å². The molecule has 1 aromatic carbocycles. The van der Waals surface area contributed by atoms with Crippen LogP contribution in [0.1, 0.15) is 18.4 Å². The molecule has 0 bridgehead atoms. The lowest BCUT2D eigenvalue weighted by atomic mass is 10.2. The Morgan fingerprint density at radius 3 is 2.87 bits per heavy atom. The zero-order valence-electron chi connectivity index (χ0n) is 9.02. The minimum absolute atomic E-state index is 0.240. The van der Waals surface area contributed by atoms with E-state index in [0.29, 0.717) is 0 Å². The lowest BCUT2D eigenvalue weighted by molar-refractivity contribution is 0.285. The van der Waals surface area contributed by atoms with E-state index < -0.39 is 0 Å². The highest BCUT2D eigenvalue weighted by Crippen LogP contribution is 2.14. The highest BCUT2D eigenvalue weighted by atomic mass is 16.5. The first-order valence-electron chi connectivity index (χ1n) is 5.12. The molecule has 82 valence electrons. The molecule has 0 aliphatic carbocycles. The molecule has 3 heteroatoms. The molecule has 0 atom stereocenters. The van der Waals surface area contributed by atoms with Crippen molar-refractivity contribution in [2.24, 2.45) is 4.99 Å². The molecule has 0 aromatic heterocycles. The van der Waals surface area contributed by atoms with E-state index in [1.807, 2.05) is 30.5 Å². The number of unbranched alkanes of at least 4 members (excludes halogenated alkanes) is 1. The van der Waals surface area contributed by atoms with Gasteiger partial charge in [0.05, 0.1) is 7.11 Å². The minimum Gasteiger partial charge on any atom is -0.496 e. The largest absolute Gasteiger partial charge is 0.496 e. The lowest BCUT2D eigenvalue weighted by Gasteiger charge is -2.02. The number of aliphatic hydroxyl groups is 1. The Morgan fingerprint density at radius 1 is 1.33 bits per heavy atom. The number of hydrogen-bond acceptors (Lipinski definition) is 3. The third kappa shape index (κ3) is 4.13. The Bertz CT molecular complexity index is 310. The van der Waals surface area contributed by atoms with Crippen molar-refractivity contribution in [3.05, 3.63) is 29.8 Å². The molecule has 0 spiro atoms. The Kier molecular flexibility index (Phi) is 5.48. The molecule has 0 saturated carbocycles. The summed E-state index contributed by atoms with van der Waals surface area (Å²) < 4.78 is 5.19. The Labute approximate surface area is 90.4 Å². The van der Waals surface area contributed by atoms with Crippen LogP contribution < -0.4 is 4.74 Å². The number of nitrogens with zero attached hydrogens (tertiary/aromatic N) is 1. The number of para-hydroxylation sites is 1. The molecule has 0 aliphatic heterocycles. The maximum absolute atomic E-state index is 8.59. The van der Waals surface area contributed by atoms with E-state index in [0.717, 1.165) is 30.7 Å². The Hall–Kier alpha value is -1.35. The van der Waals surface area contributed by atoms with Crippen LogP contribution in [0.2, 0.25) is 0 Å². The molecule has 3 nitrogen and oxygen atoms in total. The number of methoxy groups -OCH3 is 1. The number of benzene rings is 1. The number of hydrogen-bond donors (Lipinski definition) is 1. The zero-order valence-corrected chi connectivity index (χ0v) is 9.02. The molecule has 0 saturated heterocycles. The fraction of sp³-hybridized carbons (Fsp3) is 0.417. The number of ether oxygens (including phenoxy) is 1. The summed E-state index contributed by atoms with van der Waals surface area (Å²) in [7, 11) is 1.65. The quantitative estimate of drug-likeness (QED) is 0.571. The smallest absolute Gasteiger partial charge is 0.127 e. The molecule has 0 fully saturated rings. The van der Waals surface area contributed by atoms with E-state index in [-0.39, 0.29) is 6.61 Å². The molecule has 0 radical (unpaired) electrons. The van der Waals surface area contributed by atoms with Gasteiger partial charge < -0.3 is 9.84 Å². The van der Waals surface area contributed by atoms with Crippen molar-refractivity contribution in [1.29, 1.82) is 0 Å². The average molecular weight is 207 g/mol. The molecule has 1 aromatic rings. The third-order valence-corrected chi connectivity index (χ3v) is 2.06. The van der Waals surface area contributed by atoms with Gasteiger partial charge in [-0.1, -0.05) is 12.1 Å². The Balaban J connectivity index is 2.48. The van der Waals surface area contributed by atoms with E-state index in [1.54, 1.807) is 7.11 Å². The van der Waals surface area contributed by atoms with Gasteiger partial charge in [0.15, 0.2) is 0 Å². The molecule has 0 aliphatic rings. The number of aliphatic hydroxyl groups excluding tert-OH is 1. The van der Waals surface area contributed by atoms with Gasteiger partial charge in [0.1, 0.15) is 5.75 Å². The standard InChI is InChI=1S/C12H17NO2/c1-15-12-7-3-2-6-11(12)10-13-8-4-5-9-14/h2-3,6-7,10,14H,4-5,8-9H2,1H3. The molecule has 0 heterocycles. The summed E-state index contributed by atoms with van der Waals surface area (Å²) in [6, 6.07) is 7.77. The summed E-state index contributed by atoms with van der Waals surface area (Å²) in [5.41, 5.74) is 0.990. The van der Waals surface area contributed by atoms with Crippen LogP contribution in [0.25, 0.3) is 0 Å². The third-order valence-electron chi connectivity index (χ3n) is 2.06. The van der Waals surface area contributed by atoms with Crippen LogP contribution in [0.15, 0.2) is 29.3 Å². The normalized spacial score (nSPS) is 10.8. The number of aliphatic imine (C=N–C) groups is 1. The van der Waals surface area contributed by atoms with Crippen molar-refractivity contribution in [3.8, 4) is 5.75 Å². The van der Waals surface area contributed by atoms with E-state index in [2.05, 4.69) is 4.99 Å². The van der Waals surface area contributed by atoms with Gasteiger partial charge in [0.2, 0.25) is 0 Å². The monoisotopic (exact) mass is 207 g/mol. The molecule has 1 rings (SSSR count). The van der Waals surface area contributed by atoms with Crippen LogP contribution in [-0.4, -0.2) is 31.6 Å². The van der Waals surface area contributed by atoms with Crippen molar-refractivity contribution < 1.29 is 9.84 Å². The summed E-state index contributed by atoms with van der Waals surface area (Å²) in [4.78, 5) is 4.27. The van der Waals surface area contributed by atoms with Crippen molar-refractivity contribution in [2.75, 3.05) is 20.3 Å². The topological polar surface area (TPSA) is 41.8 Å². The molecule has 0 amide bonds. The summed E-state index contributed by atoms with van der Waals surface area (Å²) in [5.74, 6) is 0.836. The van der Waals surface area contributed by atoms with Crippen LogP contribution in [0.5, 0.6) is 5.75 Å². The molecular formula is C12H17NO2. The summed E-state index contributed by atoms with van der Waals surface area (Å²) in [6.45, 7) is 0.989. The van der Waals surface area contributed by atoms with Crippen molar-refractivity contribution >= 4 is 6.21 Å². The first-order valence-corrected chi connectivity index (χ1v) is 5.12. The molecule has 1 N–H and O–H groups in total. The fourth-order valence-electron chi connectivity index (χ4n) is 1.25. The van der Waals surface area contributed by atoms with Gasteiger partial charge in [-0.05, 0) is 25.0 Å². The predicted octanol–water partition coefficient (Wildman–Crippen LogP) is 1.89. The summed E-state index contributed by atoms with van der Waals surface area (Å²) in [5, 5.41) is 8.59. The first-order chi connectivity index (χ1) is 7.38. The van der Waals surface area contributed by atoms with Crippen molar-refractivity contribution in [3.63, 3.8) is 0 Å². The second kappa shape index (κ2) is 7.01. The fourth-order valence-corrected chi connectivity index (χ4v) is 1.25. The molecule has 0 unspecified atom stereocenters. The highest BCUT2D eigenvalue weighted by molar-refractivity contribution is 5.83. The predicted molar refractivity (Wildman–Crippen MR) is 61.8 cm³/mol. The summed E-state index contributed by atoms with van der Waals surface area (Å²) in [6.07, 6.45) is 3.54. The molecular weight excluding hydrogens is 190 g/mol. The van der Waals surface area contributed by atoms with Gasteiger partial charge in [-0.3, -0.25) is 4.99 Å². The maximum atomic E-state index is 8.59. The highest BCUT2D eigenvalue weighted by Gasteiger charge is 1.96. The van der Waals surface area contributed by atoms with Gasteiger partial charge in [-0.25, -0.2) is 0 Å². The second-order valence-corrected chi connectivity index (χ2v) is 3.21. The maximum Gasteiger partial charge on any atom is 0.127 e. The van der Waals surface area contributed by atoms with E-state index in [1.165, 1.54) is 0 Å². The van der Waals surface area contributed by atoms with E-state index in [4.69, 9.17) is 9.84 Å². The molecule has 15 heavy (non-hydrogen) atoms. The number of rotatable bonds is 6.